The van der Waals surface area contributed by atoms with Crippen LogP contribution in [0.25, 0.3) is 21.3 Å². The highest BCUT2D eigenvalue weighted by atomic mass is 32.1. The normalized spacial score (nSPS) is 11.5. The molecule has 0 radical (unpaired) electrons. The topological polar surface area (TPSA) is 84.3 Å². The van der Waals surface area contributed by atoms with Crippen molar-refractivity contribution in [2.24, 2.45) is 0 Å². The minimum atomic E-state index is -0.358. The van der Waals surface area contributed by atoms with Gasteiger partial charge in [0.15, 0.2) is 0 Å². The van der Waals surface area contributed by atoms with Gasteiger partial charge in [-0.15, -0.1) is 11.3 Å². The zero-order valence-electron chi connectivity index (χ0n) is 19.3. The van der Waals surface area contributed by atoms with Gasteiger partial charge in [-0.2, -0.15) is 0 Å². The zero-order chi connectivity index (χ0) is 23.5. The first-order valence-electron chi connectivity index (χ1n) is 10.7. The molecule has 0 spiro atoms. The molecule has 3 rings (SSSR count). The Morgan fingerprint density at radius 3 is 2.50 bits per heavy atom. The number of nitrogens with one attached hydrogen (secondary N) is 1. The van der Waals surface area contributed by atoms with Crippen LogP contribution in [0, 0.1) is 6.92 Å². The monoisotopic (exact) mass is 454 g/mol. The fraction of sp³-hybridized carbons (Fsp3) is 0.417. The minimum absolute atomic E-state index is 0.000883. The molecule has 0 unspecified atom stereocenters. The Morgan fingerprint density at radius 2 is 1.88 bits per heavy atom. The van der Waals surface area contributed by atoms with E-state index in [1.807, 2.05) is 64.3 Å². The summed E-state index contributed by atoms with van der Waals surface area (Å²) in [6.07, 6.45) is 1.61. The fourth-order valence-corrected chi connectivity index (χ4v) is 4.36. The lowest BCUT2D eigenvalue weighted by molar-refractivity contribution is -0.136. The van der Waals surface area contributed by atoms with Crippen LogP contribution in [0.3, 0.4) is 0 Å². The molecule has 0 saturated carbocycles. The van der Waals surface area contributed by atoms with Crippen molar-refractivity contribution in [3.05, 3.63) is 51.9 Å². The Kier molecular flexibility index (Phi) is 7.13. The van der Waals surface area contributed by atoms with Crippen molar-refractivity contribution in [1.29, 1.82) is 0 Å². The molecule has 0 saturated heterocycles. The summed E-state index contributed by atoms with van der Waals surface area (Å²) in [5.41, 5.74) is 2.46. The number of carbonyl (C=O) groups excluding carboxylic acids is 2. The number of likely N-dealkylation sites (N-methyl/N-ethyl adjacent to an activating group) is 1. The standard InChI is InChI=1S/C24H30N4O3S/c1-6-27(13-19(29)26-24(3,4)5)20(30)11-12-28-15-25-22-21(23(28)31)18(14-32-22)17-9-7-16(2)8-10-17/h7-10,14-15H,6,11-13H2,1-5H3,(H,26,29). The van der Waals surface area contributed by atoms with Crippen LogP contribution in [-0.2, 0) is 16.1 Å². The van der Waals surface area contributed by atoms with E-state index in [1.54, 1.807) is 0 Å². The summed E-state index contributed by atoms with van der Waals surface area (Å²) < 4.78 is 1.48. The van der Waals surface area contributed by atoms with Gasteiger partial charge in [0.1, 0.15) is 4.83 Å². The maximum Gasteiger partial charge on any atom is 0.262 e. The van der Waals surface area contributed by atoms with Crippen molar-refractivity contribution in [2.75, 3.05) is 13.1 Å². The number of hydrogen-bond acceptors (Lipinski definition) is 5. The molecule has 8 heteroatoms. The number of rotatable bonds is 7. The van der Waals surface area contributed by atoms with Gasteiger partial charge in [0.2, 0.25) is 11.8 Å². The molecule has 0 atom stereocenters. The van der Waals surface area contributed by atoms with E-state index in [0.29, 0.717) is 16.8 Å². The summed E-state index contributed by atoms with van der Waals surface area (Å²) in [4.78, 5) is 44.7. The van der Waals surface area contributed by atoms with Crippen molar-refractivity contribution in [1.82, 2.24) is 19.8 Å². The largest absolute Gasteiger partial charge is 0.350 e. The second-order valence-electron chi connectivity index (χ2n) is 8.89. The molecule has 1 N–H and O–H groups in total. The van der Waals surface area contributed by atoms with Crippen molar-refractivity contribution in [3.63, 3.8) is 0 Å². The Morgan fingerprint density at radius 1 is 1.19 bits per heavy atom. The predicted octanol–water partition coefficient (Wildman–Crippen LogP) is 3.59. The zero-order valence-corrected chi connectivity index (χ0v) is 20.1. The number of carbonyl (C=O) groups is 2. The molecule has 170 valence electrons. The maximum atomic E-state index is 13.2. The van der Waals surface area contributed by atoms with Gasteiger partial charge in [-0.05, 0) is 40.2 Å². The molecule has 2 heterocycles. The van der Waals surface area contributed by atoms with Crippen LogP contribution in [-0.4, -0.2) is 44.9 Å². The SMILES string of the molecule is CCN(CC(=O)NC(C)(C)C)C(=O)CCn1cnc2scc(-c3ccc(C)cc3)c2c1=O. The van der Waals surface area contributed by atoms with E-state index in [-0.39, 0.29) is 42.4 Å². The van der Waals surface area contributed by atoms with Gasteiger partial charge in [-0.3, -0.25) is 19.0 Å². The maximum absolute atomic E-state index is 13.2. The molecule has 1 aromatic carbocycles. The summed E-state index contributed by atoms with van der Waals surface area (Å²) in [5.74, 6) is -0.374. The van der Waals surface area contributed by atoms with Crippen LogP contribution in [0.15, 0.2) is 40.8 Å². The summed E-state index contributed by atoms with van der Waals surface area (Å²) in [6.45, 7) is 10.2. The van der Waals surface area contributed by atoms with Crippen LogP contribution in [0.5, 0.6) is 0 Å². The van der Waals surface area contributed by atoms with E-state index in [9.17, 15) is 14.4 Å². The van der Waals surface area contributed by atoms with Gasteiger partial charge in [0.25, 0.3) is 5.56 Å². The number of hydrogen-bond donors (Lipinski definition) is 1. The van der Waals surface area contributed by atoms with Crippen LogP contribution in [0.2, 0.25) is 0 Å². The Bertz CT molecular complexity index is 1170. The third-order valence-electron chi connectivity index (χ3n) is 5.07. The predicted molar refractivity (Wildman–Crippen MR) is 129 cm³/mol. The molecule has 0 bridgehead atoms. The lowest BCUT2D eigenvalue weighted by Crippen LogP contribution is -2.47. The highest BCUT2D eigenvalue weighted by molar-refractivity contribution is 7.17. The number of nitrogens with zero attached hydrogens (tertiary/aromatic N) is 3. The molecular weight excluding hydrogens is 424 g/mol. The molecule has 0 aliphatic carbocycles. The molecule has 2 aromatic heterocycles. The van der Waals surface area contributed by atoms with Gasteiger partial charge in [0, 0.05) is 36.0 Å². The Hall–Kier alpha value is -3.00. The fourth-order valence-electron chi connectivity index (χ4n) is 3.45. The summed E-state index contributed by atoms with van der Waals surface area (Å²) in [7, 11) is 0. The van der Waals surface area contributed by atoms with Crippen LogP contribution in [0.1, 0.15) is 39.7 Å². The molecule has 32 heavy (non-hydrogen) atoms. The summed E-state index contributed by atoms with van der Waals surface area (Å²) >= 11 is 1.44. The van der Waals surface area contributed by atoms with Crippen LogP contribution < -0.4 is 10.9 Å². The first-order valence-corrected chi connectivity index (χ1v) is 11.6. The first kappa shape index (κ1) is 23.7. The molecule has 0 fully saturated rings. The van der Waals surface area contributed by atoms with Crippen molar-refractivity contribution < 1.29 is 9.59 Å². The average molecular weight is 455 g/mol. The quantitative estimate of drug-likeness (QED) is 0.591. The van der Waals surface area contributed by atoms with Crippen LogP contribution in [0.4, 0.5) is 0 Å². The average Bonchev–Trinajstić information content (AvgIpc) is 3.15. The molecule has 7 nitrogen and oxygen atoms in total. The first-order chi connectivity index (χ1) is 15.1. The van der Waals surface area contributed by atoms with E-state index < -0.39 is 0 Å². The summed E-state index contributed by atoms with van der Waals surface area (Å²) in [5, 5.41) is 5.39. The molecular formula is C24H30N4O3S. The smallest absolute Gasteiger partial charge is 0.262 e. The van der Waals surface area contributed by atoms with Gasteiger partial charge in [-0.1, -0.05) is 29.8 Å². The summed E-state index contributed by atoms with van der Waals surface area (Å²) in [6, 6.07) is 8.03. The lowest BCUT2D eigenvalue weighted by atomic mass is 10.1. The molecule has 0 aliphatic heterocycles. The van der Waals surface area contributed by atoms with E-state index >= 15 is 0 Å². The van der Waals surface area contributed by atoms with Crippen molar-refractivity contribution >= 4 is 33.4 Å². The number of aryl methyl sites for hydroxylation is 2. The highest BCUT2D eigenvalue weighted by Gasteiger charge is 2.20. The Labute approximate surface area is 192 Å². The van der Waals surface area contributed by atoms with Gasteiger partial charge >= 0.3 is 0 Å². The molecule has 2 amide bonds. The number of fused-ring (bicyclic) bond motifs is 1. The highest BCUT2D eigenvalue weighted by Crippen LogP contribution is 2.30. The number of aromatic nitrogens is 2. The Balaban J connectivity index is 1.76. The lowest BCUT2D eigenvalue weighted by Gasteiger charge is -2.25. The number of benzene rings is 1. The van der Waals surface area contributed by atoms with E-state index in [2.05, 4.69) is 10.3 Å². The van der Waals surface area contributed by atoms with Gasteiger partial charge in [-0.25, -0.2) is 4.98 Å². The second-order valence-corrected chi connectivity index (χ2v) is 9.75. The number of thiophene rings is 1. The third kappa shape index (κ3) is 5.62. The van der Waals surface area contributed by atoms with E-state index in [0.717, 1.165) is 16.7 Å². The molecule has 3 aromatic rings. The third-order valence-corrected chi connectivity index (χ3v) is 5.96. The van der Waals surface area contributed by atoms with E-state index in [4.69, 9.17) is 0 Å². The van der Waals surface area contributed by atoms with Crippen molar-refractivity contribution in [2.45, 2.75) is 53.1 Å². The molecule has 0 aliphatic rings. The van der Waals surface area contributed by atoms with Crippen molar-refractivity contribution in [3.8, 4) is 11.1 Å². The van der Waals surface area contributed by atoms with Gasteiger partial charge in [0.05, 0.1) is 18.3 Å². The van der Waals surface area contributed by atoms with Gasteiger partial charge < -0.3 is 10.2 Å². The second kappa shape index (κ2) is 9.65. The number of amides is 2. The minimum Gasteiger partial charge on any atom is -0.350 e. The van der Waals surface area contributed by atoms with E-state index in [1.165, 1.54) is 27.1 Å². The van der Waals surface area contributed by atoms with Crippen LogP contribution >= 0.6 is 11.3 Å².